The molecule has 0 aliphatic carbocycles. The van der Waals surface area contributed by atoms with Gasteiger partial charge in [0.15, 0.2) is 17.1 Å². The molecule has 8 heteroatoms. The topological polar surface area (TPSA) is 82.8 Å². The fraction of sp³-hybridized carbons (Fsp3) is 0.312. The predicted molar refractivity (Wildman–Crippen MR) is 88.8 cm³/mol. The van der Waals surface area contributed by atoms with Gasteiger partial charge in [-0.25, -0.2) is 0 Å². The van der Waals surface area contributed by atoms with E-state index in [0.717, 1.165) is 5.56 Å². The van der Waals surface area contributed by atoms with E-state index >= 15 is 0 Å². The monoisotopic (exact) mass is 329 g/mol. The molecule has 2 heterocycles. The van der Waals surface area contributed by atoms with Gasteiger partial charge in [0.25, 0.3) is 0 Å². The van der Waals surface area contributed by atoms with Crippen LogP contribution in [0.25, 0.3) is 5.65 Å². The maximum atomic E-state index is 5.61. The smallest absolute Gasteiger partial charge is 0.229 e. The summed E-state index contributed by atoms with van der Waals surface area (Å²) in [7, 11) is 3.21. The van der Waals surface area contributed by atoms with Crippen molar-refractivity contribution >= 4 is 11.6 Å². The lowest BCUT2D eigenvalue weighted by atomic mass is 10.2. The van der Waals surface area contributed by atoms with E-state index < -0.39 is 0 Å². The standard InChI is InChI=1S/C16H19N5O3/c1-4-24-15-12(22-2)7-11(8-13(15)23-3)9-18-16-20-19-14-10-17-5-6-21(14)16/h5-8,10H,4,9H2,1-3H3,(H,18,20). The number of aromatic nitrogens is 4. The highest BCUT2D eigenvalue weighted by Crippen LogP contribution is 2.38. The zero-order valence-corrected chi connectivity index (χ0v) is 13.8. The molecular formula is C16H19N5O3. The van der Waals surface area contributed by atoms with Crippen molar-refractivity contribution < 1.29 is 14.2 Å². The first-order valence-corrected chi connectivity index (χ1v) is 7.53. The Bertz CT molecular complexity index is 808. The van der Waals surface area contributed by atoms with Crippen LogP contribution in [0.1, 0.15) is 12.5 Å². The van der Waals surface area contributed by atoms with Crippen molar-refractivity contribution in [2.24, 2.45) is 0 Å². The highest BCUT2D eigenvalue weighted by molar-refractivity contribution is 5.54. The van der Waals surface area contributed by atoms with Gasteiger partial charge in [-0.1, -0.05) is 0 Å². The third-order valence-corrected chi connectivity index (χ3v) is 3.47. The van der Waals surface area contributed by atoms with Crippen molar-refractivity contribution in [3.05, 3.63) is 36.3 Å². The summed E-state index contributed by atoms with van der Waals surface area (Å²) in [6.45, 7) is 2.98. The first kappa shape index (κ1) is 15.9. The van der Waals surface area contributed by atoms with E-state index in [1.807, 2.05) is 23.5 Å². The van der Waals surface area contributed by atoms with Crippen LogP contribution < -0.4 is 19.5 Å². The molecule has 0 bridgehead atoms. The SMILES string of the molecule is CCOc1c(OC)cc(CNc2nnc3cnccn23)cc1OC. The van der Waals surface area contributed by atoms with E-state index in [9.17, 15) is 0 Å². The second kappa shape index (κ2) is 7.03. The van der Waals surface area contributed by atoms with E-state index in [0.29, 0.717) is 42.0 Å². The number of anilines is 1. The molecule has 3 rings (SSSR count). The van der Waals surface area contributed by atoms with Crippen molar-refractivity contribution in [2.75, 3.05) is 26.1 Å². The van der Waals surface area contributed by atoms with Gasteiger partial charge in [-0.2, -0.15) is 0 Å². The minimum absolute atomic E-state index is 0.530. The van der Waals surface area contributed by atoms with Crippen LogP contribution in [0.2, 0.25) is 0 Å². The Balaban J connectivity index is 1.84. The molecule has 3 aromatic rings. The molecule has 0 saturated carbocycles. The molecule has 0 unspecified atom stereocenters. The van der Waals surface area contributed by atoms with E-state index in [4.69, 9.17) is 14.2 Å². The highest BCUT2D eigenvalue weighted by atomic mass is 16.5. The molecule has 0 radical (unpaired) electrons. The molecule has 24 heavy (non-hydrogen) atoms. The van der Waals surface area contributed by atoms with Crippen LogP contribution in [0.3, 0.4) is 0 Å². The Labute approximate surface area is 139 Å². The molecule has 1 N–H and O–H groups in total. The predicted octanol–water partition coefficient (Wildman–Crippen LogP) is 2.15. The Kier molecular flexibility index (Phi) is 4.64. The summed E-state index contributed by atoms with van der Waals surface area (Å²) < 4.78 is 18.3. The molecule has 1 aromatic carbocycles. The maximum absolute atomic E-state index is 5.61. The van der Waals surface area contributed by atoms with Crippen molar-refractivity contribution in [1.82, 2.24) is 19.6 Å². The van der Waals surface area contributed by atoms with Gasteiger partial charge >= 0.3 is 0 Å². The van der Waals surface area contributed by atoms with Gasteiger partial charge in [0.2, 0.25) is 11.7 Å². The second-order valence-corrected chi connectivity index (χ2v) is 4.94. The summed E-state index contributed by atoms with van der Waals surface area (Å²) in [6.07, 6.45) is 5.14. The van der Waals surface area contributed by atoms with Crippen LogP contribution in [0, 0.1) is 0 Å². The number of ether oxygens (including phenoxy) is 3. The summed E-state index contributed by atoms with van der Waals surface area (Å²) in [5, 5.41) is 11.4. The number of rotatable bonds is 7. The number of fused-ring (bicyclic) bond motifs is 1. The van der Waals surface area contributed by atoms with E-state index in [2.05, 4.69) is 20.5 Å². The number of benzene rings is 1. The maximum Gasteiger partial charge on any atom is 0.229 e. The lowest BCUT2D eigenvalue weighted by molar-refractivity contribution is 0.288. The Hall–Kier alpha value is -3.03. The number of methoxy groups -OCH3 is 2. The fourth-order valence-electron chi connectivity index (χ4n) is 2.38. The normalized spacial score (nSPS) is 10.6. The first-order valence-electron chi connectivity index (χ1n) is 7.53. The summed E-state index contributed by atoms with van der Waals surface area (Å²) >= 11 is 0. The van der Waals surface area contributed by atoms with Gasteiger partial charge in [-0.3, -0.25) is 9.38 Å². The van der Waals surface area contributed by atoms with Crippen LogP contribution in [-0.2, 0) is 6.54 Å². The minimum Gasteiger partial charge on any atom is -0.493 e. The van der Waals surface area contributed by atoms with Crippen LogP contribution in [0.5, 0.6) is 17.2 Å². The third kappa shape index (κ3) is 3.03. The summed E-state index contributed by atoms with van der Waals surface area (Å²) in [6, 6.07) is 3.82. The number of hydrogen-bond acceptors (Lipinski definition) is 7. The fourth-order valence-corrected chi connectivity index (χ4v) is 2.38. The summed E-state index contributed by atoms with van der Waals surface area (Å²) in [5.41, 5.74) is 1.65. The average molecular weight is 329 g/mol. The molecular weight excluding hydrogens is 310 g/mol. The Morgan fingerprint density at radius 3 is 2.54 bits per heavy atom. The third-order valence-electron chi connectivity index (χ3n) is 3.47. The van der Waals surface area contributed by atoms with Crippen LogP contribution >= 0.6 is 0 Å². The van der Waals surface area contributed by atoms with Gasteiger partial charge in [0.1, 0.15) is 0 Å². The lowest BCUT2D eigenvalue weighted by Gasteiger charge is -2.15. The molecule has 0 aliphatic heterocycles. The largest absolute Gasteiger partial charge is 0.493 e. The first-order chi connectivity index (χ1) is 11.8. The summed E-state index contributed by atoms with van der Waals surface area (Å²) in [5.74, 6) is 2.50. The van der Waals surface area contributed by atoms with Crippen molar-refractivity contribution in [3.63, 3.8) is 0 Å². The van der Waals surface area contributed by atoms with Gasteiger partial charge in [-0.05, 0) is 24.6 Å². The number of nitrogens with zero attached hydrogens (tertiary/aromatic N) is 4. The Morgan fingerprint density at radius 2 is 1.88 bits per heavy atom. The van der Waals surface area contributed by atoms with E-state index in [1.54, 1.807) is 32.8 Å². The van der Waals surface area contributed by atoms with Crippen LogP contribution in [0.15, 0.2) is 30.7 Å². The number of hydrogen-bond donors (Lipinski definition) is 1. The molecule has 0 saturated heterocycles. The average Bonchev–Trinajstić information content (AvgIpc) is 3.04. The molecule has 0 amide bonds. The van der Waals surface area contributed by atoms with Gasteiger partial charge in [-0.15, -0.1) is 10.2 Å². The van der Waals surface area contributed by atoms with Gasteiger partial charge in [0.05, 0.1) is 27.0 Å². The lowest BCUT2D eigenvalue weighted by Crippen LogP contribution is -2.05. The molecule has 8 nitrogen and oxygen atoms in total. The molecule has 0 atom stereocenters. The zero-order chi connectivity index (χ0) is 16.9. The molecule has 0 fully saturated rings. The molecule has 2 aromatic heterocycles. The van der Waals surface area contributed by atoms with Gasteiger partial charge < -0.3 is 19.5 Å². The number of nitrogens with one attached hydrogen (secondary N) is 1. The van der Waals surface area contributed by atoms with E-state index in [-0.39, 0.29) is 0 Å². The van der Waals surface area contributed by atoms with Crippen LogP contribution in [0.4, 0.5) is 5.95 Å². The zero-order valence-electron chi connectivity index (χ0n) is 13.8. The van der Waals surface area contributed by atoms with Gasteiger partial charge in [0, 0.05) is 18.9 Å². The quantitative estimate of drug-likeness (QED) is 0.711. The van der Waals surface area contributed by atoms with E-state index in [1.165, 1.54) is 0 Å². The van der Waals surface area contributed by atoms with Crippen molar-refractivity contribution in [2.45, 2.75) is 13.5 Å². The van der Waals surface area contributed by atoms with Crippen molar-refractivity contribution in [1.29, 1.82) is 0 Å². The Morgan fingerprint density at radius 1 is 1.12 bits per heavy atom. The van der Waals surface area contributed by atoms with Crippen LogP contribution in [-0.4, -0.2) is 40.4 Å². The highest BCUT2D eigenvalue weighted by Gasteiger charge is 2.14. The molecule has 126 valence electrons. The summed E-state index contributed by atoms with van der Waals surface area (Å²) in [4.78, 5) is 4.02. The minimum atomic E-state index is 0.530. The molecule has 0 aliphatic rings. The second-order valence-electron chi connectivity index (χ2n) is 4.94. The van der Waals surface area contributed by atoms with Crippen molar-refractivity contribution in [3.8, 4) is 17.2 Å². The molecule has 0 spiro atoms.